The molecule has 14 nitrogen and oxygen atoms in total. The van der Waals surface area contributed by atoms with Crippen LogP contribution in [0, 0.1) is 16.6 Å². The number of ether oxygens (including phenoxy) is 1. The quantitative estimate of drug-likeness (QED) is 0.203. The summed E-state index contributed by atoms with van der Waals surface area (Å²) in [5, 5.41) is 8.84. The van der Waals surface area contributed by atoms with Crippen LogP contribution in [0.1, 0.15) is 53.3 Å². The van der Waals surface area contributed by atoms with Crippen LogP contribution in [0.25, 0.3) is 28.2 Å². The van der Waals surface area contributed by atoms with Gasteiger partial charge in [0.05, 0.1) is 17.5 Å². The second kappa shape index (κ2) is 11.3. The van der Waals surface area contributed by atoms with E-state index in [2.05, 4.69) is 20.2 Å². The highest BCUT2D eigenvalue weighted by Crippen LogP contribution is 2.58. The number of phosphoric ester groups is 1. The Morgan fingerprint density at radius 2 is 1.77 bits per heavy atom. The molecule has 1 aromatic carbocycles. The van der Waals surface area contributed by atoms with Gasteiger partial charge in [0.1, 0.15) is 30.6 Å². The maximum atomic E-state index is 15.8. The molecule has 0 aliphatic carbocycles. The lowest BCUT2D eigenvalue weighted by Gasteiger charge is -2.51. The van der Waals surface area contributed by atoms with Crippen molar-refractivity contribution < 1.29 is 32.8 Å². The lowest BCUT2D eigenvalue weighted by molar-refractivity contribution is -0.198. The van der Waals surface area contributed by atoms with Gasteiger partial charge >= 0.3 is 13.9 Å². The topological polar surface area (TPSA) is 170 Å². The molecule has 1 aliphatic heterocycles. The Labute approximate surface area is 269 Å². The fourth-order valence-corrected chi connectivity index (χ4v) is 7.34. The van der Waals surface area contributed by atoms with Gasteiger partial charge in [0.15, 0.2) is 17.2 Å². The molecule has 0 radical (unpaired) electrons. The predicted octanol–water partition coefficient (Wildman–Crippen LogP) is 5.74. The number of anilines is 1. The van der Waals surface area contributed by atoms with Crippen molar-refractivity contribution >= 4 is 25.4 Å². The van der Waals surface area contributed by atoms with Gasteiger partial charge < -0.3 is 14.5 Å². The summed E-state index contributed by atoms with van der Waals surface area (Å²) in [4.78, 5) is 47.3. The van der Waals surface area contributed by atoms with Crippen molar-refractivity contribution in [2.75, 3.05) is 11.5 Å². The van der Waals surface area contributed by atoms with E-state index in [-0.39, 0.29) is 18.0 Å². The highest BCUT2D eigenvalue weighted by atomic mass is 31.2. The molecule has 4 aromatic heterocycles. The van der Waals surface area contributed by atoms with Gasteiger partial charge in [-0.2, -0.15) is 5.10 Å². The number of halogens is 1. The molecule has 1 aliphatic rings. The zero-order valence-electron chi connectivity index (χ0n) is 26.6. The van der Waals surface area contributed by atoms with E-state index in [0.717, 1.165) is 0 Å². The number of carbonyl (C=O) groups is 1. The first-order valence-electron chi connectivity index (χ1n) is 14.7. The van der Waals surface area contributed by atoms with Crippen LogP contribution in [0.15, 0.2) is 67.4 Å². The van der Waals surface area contributed by atoms with Gasteiger partial charge in [0.2, 0.25) is 0 Å². The first-order chi connectivity index (χ1) is 22.0. The Kier molecular flexibility index (Phi) is 7.79. The van der Waals surface area contributed by atoms with Crippen molar-refractivity contribution in [1.82, 2.24) is 34.3 Å². The van der Waals surface area contributed by atoms with Crippen LogP contribution in [-0.4, -0.2) is 56.8 Å². The summed E-state index contributed by atoms with van der Waals surface area (Å²) in [5.41, 5.74) is -1.39. The fraction of sp³-hybridized carbons (Fsp3) is 0.355. The van der Waals surface area contributed by atoms with Crippen LogP contribution in [0.3, 0.4) is 0 Å². The van der Waals surface area contributed by atoms with E-state index >= 15 is 4.39 Å². The predicted molar refractivity (Wildman–Crippen MR) is 168 cm³/mol. The van der Waals surface area contributed by atoms with Gasteiger partial charge in [-0.05, 0) is 35.9 Å². The van der Waals surface area contributed by atoms with Crippen molar-refractivity contribution in [2.24, 2.45) is 10.8 Å². The Hall–Kier alpha value is -4.56. The van der Waals surface area contributed by atoms with E-state index < -0.39 is 42.3 Å². The third-order valence-corrected chi connectivity index (χ3v) is 8.63. The van der Waals surface area contributed by atoms with Crippen molar-refractivity contribution in [1.29, 1.82) is 0 Å². The van der Waals surface area contributed by atoms with Gasteiger partial charge in [-0.25, -0.2) is 37.8 Å². The molecule has 2 N–H and O–H groups in total. The Balaban J connectivity index is 1.36. The number of benzene rings is 1. The minimum absolute atomic E-state index is 0.00498. The number of fused-ring (bicyclic) bond motifs is 1. The van der Waals surface area contributed by atoms with Crippen LogP contribution in [-0.2, 0) is 19.6 Å². The van der Waals surface area contributed by atoms with Crippen molar-refractivity contribution in [3.05, 3.63) is 78.9 Å². The summed E-state index contributed by atoms with van der Waals surface area (Å²) < 4.78 is 41.6. The Morgan fingerprint density at radius 3 is 2.40 bits per heavy atom. The maximum Gasteiger partial charge on any atom is 0.471 e. The fourth-order valence-electron chi connectivity index (χ4n) is 6.36. The molecule has 1 unspecified atom stereocenters. The van der Waals surface area contributed by atoms with Gasteiger partial charge in [0.25, 0.3) is 0 Å². The van der Waals surface area contributed by atoms with Crippen LogP contribution < -0.4 is 4.90 Å². The molecule has 16 heteroatoms. The first-order valence-corrected chi connectivity index (χ1v) is 16.2. The molecule has 5 heterocycles. The van der Waals surface area contributed by atoms with Crippen molar-refractivity contribution in [3.63, 3.8) is 0 Å². The number of rotatable bonds is 7. The van der Waals surface area contributed by atoms with Crippen LogP contribution in [0.5, 0.6) is 0 Å². The highest BCUT2D eigenvalue weighted by molar-refractivity contribution is 7.46. The average Bonchev–Trinajstić information content (AvgIpc) is 3.73. The molecule has 0 bridgehead atoms. The monoisotopic (exact) mass is 664 g/mol. The number of carbonyl (C=O) groups excluding carboxylic acids is 1. The normalized spacial score (nSPS) is 16.2. The smallest absolute Gasteiger partial charge is 0.446 e. The lowest BCUT2D eigenvalue weighted by Crippen LogP contribution is -2.56. The zero-order chi connectivity index (χ0) is 33.9. The maximum absolute atomic E-state index is 15.8. The van der Waals surface area contributed by atoms with E-state index in [1.54, 1.807) is 78.3 Å². The van der Waals surface area contributed by atoms with Gasteiger partial charge in [-0.1, -0.05) is 53.7 Å². The summed E-state index contributed by atoms with van der Waals surface area (Å²) in [6.45, 7) is 10.7. The first kappa shape index (κ1) is 32.4. The molecule has 0 saturated carbocycles. The standard InChI is InChI=1S/C31H34FN8O6P/c1-29(2,3)31(30(4,5)6,46-47(42,43)44)39-18-34-26(37-39)20-11-10-19(15-22(20)32)21-16-35-38-14-12-25(36-27(21)38)40-24(17-45-28(40)41)23-9-7-8-13-33-23/h7-16,18,24H,17H2,1-6H3,(H2,42,43,44). The number of aromatic nitrogens is 7. The average molecular weight is 665 g/mol. The summed E-state index contributed by atoms with van der Waals surface area (Å²) in [6.07, 6.45) is 5.57. The van der Waals surface area contributed by atoms with E-state index in [4.69, 9.17) is 14.2 Å². The molecule has 1 fully saturated rings. The number of phosphoric acid groups is 1. The third-order valence-electron chi connectivity index (χ3n) is 8.12. The number of amides is 1. The van der Waals surface area contributed by atoms with E-state index in [9.17, 15) is 19.1 Å². The van der Waals surface area contributed by atoms with Crippen LogP contribution in [0.4, 0.5) is 15.0 Å². The molecule has 0 spiro atoms. The highest BCUT2D eigenvalue weighted by Gasteiger charge is 2.58. The molecule has 1 amide bonds. The van der Waals surface area contributed by atoms with E-state index in [1.165, 1.54) is 32.6 Å². The third kappa shape index (κ3) is 5.69. The van der Waals surface area contributed by atoms with Crippen molar-refractivity contribution in [2.45, 2.75) is 53.3 Å². The minimum Gasteiger partial charge on any atom is -0.446 e. The summed E-state index contributed by atoms with van der Waals surface area (Å²) in [5.74, 6) is -0.334. The van der Waals surface area contributed by atoms with Crippen molar-refractivity contribution in [3.8, 4) is 22.5 Å². The van der Waals surface area contributed by atoms with Crippen LogP contribution >= 0.6 is 7.82 Å². The molecule has 6 rings (SSSR count). The second-order valence-corrected chi connectivity index (χ2v) is 14.4. The Morgan fingerprint density at radius 1 is 1.02 bits per heavy atom. The molecule has 1 saturated heterocycles. The minimum atomic E-state index is -5.01. The number of cyclic esters (lactones) is 1. The van der Waals surface area contributed by atoms with E-state index in [0.29, 0.717) is 28.3 Å². The molecule has 246 valence electrons. The summed E-state index contributed by atoms with van der Waals surface area (Å²) in [7, 11) is -5.01. The SMILES string of the molecule is CC(C)(C)C(OP(=O)(O)O)(n1cnc(-c2ccc(-c3cnn4ccc(N5C(=O)OCC5c5ccccn5)nc34)cc2F)n1)C(C)(C)C. The molecule has 47 heavy (non-hydrogen) atoms. The lowest BCUT2D eigenvalue weighted by atomic mass is 9.68. The van der Waals surface area contributed by atoms with Gasteiger partial charge in [-0.15, -0.1) is 5.10 Å². The van der Waals surface area contributed by atoms with Gasteiger partial charge in [0, 0.05) is 28.8 Å². The van der Waals surface area contributed by atoms with Crippen LogP contribution in [0.2, 0.25) is 0 Å². The molecular weight excluding hydrogens is 630 g/mol. The number of pyridine rings is 1. The molecular formula is C31H34FN8O6P. The number of nitrogens with zero attached hydrogens (tertiary/aromatic N) is 8. The van der Waals surface area contributed by atoms with Gasteiger partial charge in [-0.3, -0.25) is 9.51 Å². The summed E-state index contributed by atoms with van der Waals surface area (Å²) in [6, 6.07) is 11.1. The van der Waals surface area contributed by atoms with E-state index in [1.807, 2.05) is 12.1 Å². The summed E-state index contributed by atoms with van der Waals surface area (Å²) >= 11 is 0. The zero-order valence-corrected chi connectivity index (χ0v) is 27.5. The number of hydrogen-bond donors (Lipinski definition) is 2. The number of hydrogen-bond acceptors (Lipinski definition) is 9. The largest absolute Gasteiger partial charge is 0.471 e. The Bertz CT molecular complexity index is 2000. The molecule has 5 aromatic rings. The molecule has 1 atom stereocenters. The second-order valence-electron chi connectivity index (χ2n) is 13.3.